The number of carbonyl (C=O) groups is 3. The number of imide groups is 2. The molecule has 0 aromatic heterocycles. The lowest BCUT2D eigenvalue weighted by atomic mass is 10.1. The van der Waals surface area contributed by atoms with Gasteiger partial charge in [0.1, 0.15) is 36.0 Å². The number of hydrogen-bond donors (Lipinski definition) is 1. The van der Waals surface area contributed by atoms with Gasteiger partial charge < -0.3 is 14.2 Å². The predicted octanol–water partition coefficient (Wildman–Crippen LogP) is 7.13. The second-order valence-corrected chi connectivity index (χ2v) is 10.5. The number of anilines is 1. The number of hydrogen-bond acceptors (Lipinski definition) is 6. The topological polar surface area (TPSA) is 94.2 Å². The number of benzene rings is 4. The maximum Gasteiger partial charge on any atom is 0.335 e. The van der Waals surface area contributed by atoms with Crippen LogP contribution in [0.2, 0.25) is 10.0 Å². The van der Waals surface area contributed by atoms with Crippen LogP contribution in [0.3, 0.4) is 0 Å². The lowest BCUT2D eigenvalue weighted by Gasteiger charge is -2.26. The molecule has 0 bridgehead atoms. The molecule has 5 rings (SSSR count). The summed E-state index contributed by atoms with van der Waals surface area (Å²) < 4.78 is 17.2. The van der Waals surface area contributed by atoms with Gasteiger partial charge in [0, 0.05) is 27.2 Å². The van der Waals surface area contributed by atoms with Gasteiger partial charge in [0.2, 0.25) is 0 Å². The number of halogens is 2. The summed E-state index contributed by atoms with van der Waals surface area (Å²) in [5, 5.41) is 3.24. The van der Waals surface area contributed by atoms with Crippen molar-refractivity contribution in [2.24, 2.45) is 0 Å². The van der Waals surface area contributed by atoms with E-state index in [1.807, 2.05) is 31.2 Å². The largest absolute Gasteiger partial charge is 0.497 e. The summed E-state index contributed by atoms with van der Waals surface area (Å²) in [5.74, 6) is -0.166. The number of rotatable bonds is 9. The summed E-state index contributed by atoms with van der Waals surface area (Å²) >= 11 is 12.2. The van der Waals surface area contributed by atoms with Gasteiger partial charge in [0.05, 0.1) is 12.8 Å². The molecule has 0 unspecified atom stereocenters. The van der Waals surface area contributed by atoms with Crippen molar-refractivity contribution in [3.8, 4) is 17.2 Å². The van der Waals surface area contributed by atoms with E-state index >= 15 is 0 Å². The van der Waals surface area contributed by atoms with Crippen LogP contribution >= 0.6 is 23.2 Å². The zero-order valence-electron chi connectivity index (χ0n) is 23.2. The minimum absolute atomic E-state index is 0.190. The first-order valence-electron chi connectivity index (χ1n) is 13.2. The smallest absolute Gasteiger partial charge is 0.335 e. The number of carbonyl (C=O) groups excluding carboxylic acids is 3. The molecule has 4 amide bonds. The molecule has 43 heavy (non-hydrogen) atoms. The van der Waals surface area contributed by atoms with Crippen molar-refractivity contribution < 1.29 is 28.6 Å². The van der Waals surface area contributed by atoms with Gasteiger partial charge in [-0.3, -0.25) is 14.9 Å². The SMILES string of the molecule is COc1ccc(/C=C2\C(=O)NC(=O)N(c3ccc(OCc4ccc(Cl)cc4Cl)cc3)C2=O)c(OCc2cccc(C)c2)c1. The summed E-state index contributed by atoms with van der Waals surface area (Å²) in [5.41, 5.74) is 3.27. The number of aryl methyl sites for hydroxylation is 1. The molecule has 4 aromatic carbocycles. The fourth-order valence-electron chi connectivity index (χ4n) is 4.39. The van der Waals surface area contributed by atoms with Crippen LogP contribution in [-0.4, -0.2) is 25.0 Å². The molecule has 1 saturated heterocycles. The Hall–Kier alpha value is -4.79. The first kappa shape index (κ1) is 29.7. The second kappa shape index (κ2) is 13.0. The molecule has 0 radical (unpaired) electrons. The van der Waals surface area contributed by atoms with Crippen molar-refractivity contribution in [3.05, 3.63) is 123 Å². The molecule has 0 atom stereocenters. The van der Waals surface area contributed by atoms with Crippen LogP contribution in [0.25, 0.3) is 6.08 Å². The first-order chi connectivity index (χ1) is 20.7. The lowest BCUT2D eigenvalue weighted by molar-refractivity contribution is -0.122. The van der Waals surface area contributed by atoms with E-state index in [1.54, 1.807) is 60.7 Å². The third-order valence-corrected chi connectivity index (χ3v) is 7.19. The predicted molar refractivity (Wildman–Crippen MR) is 165 cm³/mol. The molecular weight excluding hydrogens is 591 g/mol. The number of ether oxygens (including phenoxy) is 3. The van der Waals surface area contributed by atoms with Crippen LogP contribution in [0.15, 0.2) is 90.5 Å². The van der Waals surface area contributed by atoms with Gasteiger partial charge in [-0.25, -0.2) is 9.69 Å². The van der Waals surface area contributed by atoms with Gasteiger partial charge >= 0.3 is 6.03 Å². The number of urea groups is 1. The highest BCUT2D eigenvalue weighted by atomic mass is 35.5. The van der Waals surface area contributed by atoms with E-state index in [1.165, 1.54) is 13.2 Å². The molecule has 1 aliphatic heterocycles. The van der Waals surface area contributed by atoms with E-state index in [9.17, 15) is 14.4 Å². The van der Waals surface area contributed by atoms with Gasteiger partial charge in [-0.1, -0.05) is 59.1 Å². The summed E-state index contributed by atoms with van der Waals surface area (Å²) in [6.45, 7) is 2.44. The Morgan fingerprint density at radius 3 is 2.33 bits per heavy atom. The second-order valence-electron chi connectivity index (χ2n) is 9.66. The van der Waals surface area contributed by atoms with E-state index in [2.05, 4.69) is 5.32 Å². The van der Waals surface area contributed by atoms with E-state index in [4.69, 9.17) is 37.4 Å². The molecule has 1 N–H and O–H groups in total. The average Bonchev–Trinajstić information content (AvgIpc) is 2.98. The van der Waals surface area contributed by atoms with Crippen LogP contribution < -0.4 is 24.4 Å². The number of methoxy groups -OCH3 is 1. The Morgan fingerprint density at radius 1 is 0.837 bits per heavy atom. The highest BCUT2D eigenvalue weighted by molar-refractivity contribution is 6.39. The van der Waals surface area contributed by atoms with Crippen LogP contribution in [0.1, 0.15) is 22.3 Å². The Kier molecular flexibility index (Phi) is 8.99. The zero-order chi connectivity index (χ0) is 30.5. The molecule has 1 aliphatic rings. The van der Waals surface area contributed by atoms with Gasteiger partial charge in [-0.15, -0.1) is 0 Å². The quantitative estimate of drug-likeness (QED) is 0.159. The lowest BCUT2D eigenvalue weighted by Crippen LogP contribution is -2.54. The molecule has 0 aliphatic carbocycles. The van der Waals surface area contributed by atoms with E-state index in [0.717, 1.165) is 21.6 Å². The highest BCUT2D eigenvalue weighted by Gasteiger charge is 2.37. The molecule has 10 heteroatoms. The van der Waals surface area contributed by atoms with Crippen molar-refractivity contribution in [3.63, 3.8) is 0 Å². The maximum absolute atomic E-state index is 13.5. The minimum Gasteiger partial charge on any atom is -0.497 e. The fraction of sp³-hybridized carbons (Fsp3) is 0.121. The van der Waals surface area contributed by atoms with Crippen molar-refractivity contribution in [2.45, 2.75) is 20.1 Å². The molecule has 1 heterocycles. The van der Waals surface area contributed by atoms with Crippen molar-refractivity contribution in [1.29, 1.82) is 0 Å². The van der Waals surface area contributed by atoms with Gasteiger partial charge in [0.15, 0.2) is 0 Å². The summed E-state index contributed by atoms with van der Waals surface area (Å²) in [6, 6.07) is 23.5. The standard InChI is InChI=1S/C33H26Cl2N2O6/c1-20-4-3-5-21(14-20)18-43-30-17-27(41-2)11-7-22(30)15-28-31(38)36-33(40)37(32(28)39)25-9-12-26(13-10-25)42-19-23-6-8-24(34)16-29(23)35/h3-17H,18-19H2,1-2H3,(H,36,38,40)/b28-15+. The minimum atomic E-state index is -0.862. The summed E-state index contributed by atoms with van der Waals surface area (Å²) in [7, 11) is 1.53. The third kappa shape index (κ3) is 6.99. The van der Waals surface area contributed by atoms with Gasteiger partial charge in [0.25, 0.3) is 11.8 Å². The van der Waals surface area contributed by atoms with E-state index in [0.29, 0.717) is 32.9 Å². The molecule has 0 spiro atoms. The van der Waals surface area contributed by atoms with E-state index in [-0.39, 0.29) is 24.5 Å². The normalized spacial score (nSPS) is 14.1. The maximum atomic E-state index is 13.5. The average molecular weight is 617 g/mol. The molecule has 0 saturated carbocycles. The van der Waals surface area contributed by atoms with E-state index < -0.39 is 17.8 Å². The Balaban J connectivity index is 1.36. The summed E-state index contributed by atoms with van der Waals surface area (Å²) in [6.07, 6.45) is 1.40. The molecule has 218 valence electrons. The Morgan fingerprint density at radius 2 is 1.60 bits per heavy atom. The molecular formula is C33H26Cl2N2O6. The van der Waals surface area contributed by atoms with Crippen molar-refractivity contribution in [2.75, 3.05) is 12.0 Å². The Bertz CT molecular complexity index is 1740. The monoisotopic (exact) mass is 616 g/mol. The van der Waals surface area contributed by atoms with Gasteiger partial charge in [-0.05, 0) is 67.1 Å². The number of barbiturate groups is 1. The van der Waals surface area contributed by atoms with Crippen LogP contribution in [0.5, 0.6) is 17.2 Å². The Labute approximate surface area is 258 Å². The van der Waals surface area contributed by atoms with Crippen LogP contribution in [-0.2, 0) is 22.8 Å². The highest BCUT2D eigenvalue weighted by Crippen LogP contribution is 2.30. The molecule has 1 fully saturated rings. The van der Waals surface area contributed by atoms with Crippen molar-refractivity contribution in [1.82, 2.24) is 5.32 Å². The number of nitrogens with one attached hydrogen (secondary N) is 1. The number of nitrogens with zero attached hydrogens (tertiary/aromatic N) is 1. The first-order valence-corrected chi connectivity index (χ1v) is 13.9. The molecule has 8 nitrogen and oxygen atoms in total. The van der Waals surface area contributed by atoms with Gasteiger partial charge in [-0.2, -0.15) is 0 Å². The fourth-order valence-corrected chi connectivity index (χ4v) is 4.85. The van der Waals surface area contributed by atoms with Crippen molar-refractivity contribution >= 4 is 52.8 Å². The van der Waals surface area contributed by atoms with Crippen LogP contribution in [0.4, 0.5) is 10.5 Å². The molecule has 4 aromatic rings. The van der Waals surface area contributed by atoms with Crippen LogP contribution in [0, 0.1) is 6.92 Å². The third-order valence-electron chi connectivity index (χ3n) is 6.60. The zero-order valence-corrected chi connectivity index (χ0v) is 24.7. The summed E-state index contributed by atoms with van der Waals surface area (Å²) in [4.78, 5) is 40.0. The number of amides is 4.